The fourth-order valence-electron chi connectivity index (χ4n) is 1.86. The summed E-state index contributed by atoms with van der Waals surface area (Å²) in [6.45, 7) is -3.61. The molecule has 0 aromatic rings. The lowest BCUT2D eigenvalue weighted by Gasteiger charge is -2.40. The Kier molecular flexibility index (Phi) is 6.62. The van der Waals surface area contributed by atoms with Crippen LogP contribution in [0.5, 0.6) is 0 Å². The van der Waals surface area contributed by atoms with Gasteiger partial charge >= 0.3 is 24.2 Å². The van der Waals surface area contributed by atoms with Crippen molar-refractivity contribution in [2.75, 3.05) is 13.2 Å². The maximum absolute atomic E-state index is 13.3. The molecule has 1 aliphatic rings. The van der Waals surface area contributed by atoms with E-state index in [-0.39, 0.29) is 0 Å². The van der Waals surface area contributed by atoms with Gasteiger partial charge in [-0.25, -0.2) is 8.78 Å². The lowest BCUT2D eigenvalue weighted by molar-refractivity contribution is -0.364. The first-order valence-corrected chi connectivity index (χ1v) is 6.54. The van der Waals surface area contributed by atoms with Gasteiger partial charge in [0.2, 0.25) is 0 Å². The van der Waals surface area contributed by atoms with Crippen molar-refractivity contribution in [2.45, 2.75) is 54.9 Å². The van der Waals surface area contributed by atoms with Gasteiger partial charge in [-0.3, -0.25) is 0 Å². The number of hydrogen-bond acceptors (Lipinski definition) is 6. The van der Waals surface area contributed by atoms with E-state index in [1.54, 1.807) is 0 Å². The van der Waals surface area contributed by atoms with E-state index in [0.29, 0.717) is 0 Å². The van der Waals surface area contributed by atoms with E-state index in [9.17, 15) is 50.4 Å². The van der Waals surface area contributed by atoms with E-state index in [1.165, 1.54) is 0 Å². The summed E-state index contributed by atoms with van der Waals surface area (Å²) in [6.07, 6.45) is -15.4. The Morgan fingerprint density at radius 3 is 1.88 bits per heavy atom. The average Bonchev–Trinajstić information content (AvgIpc) is 2.51. The molecule has 0 spiro atoms. The van der Waals surface area contributed by atoms with E-state index in [4.69, 9.17) is 5.11 Å². The van der Waals surface area contributed by atoms with Crippen molar-refractivity contribution < 1.29 is 65.0 Å². The smallest absolute Gasteiger partial charge is 0.380 e. The van der Waals surface area contributed by atoms with Gasteiger partial charge in [0, 0.05) is 0 Å². The summed E-state index contributed by atoms with van der Waals surface area (Å²) in [7, 11) is 0. The molecule has 4 N–H and O–H groups in total. The molecule has 1 rings (SSSR count). The van der Waals surface area contributed by atoms with E-state index in [2.05, 4.69) is 9.47 Å². The highest BCUT2D eigenvalue weighted by Gasteiger charge is 2.75. The van der Waals surface area contributed by atoms with Gasteiger partial charge in [0.05, 0.1) is 6.61 Å². The van der Waals surface area contributed by atoms with Gasteiger partial charge in [0.15, 0.2) is 6.29 Å². The van der Waals surface area contributed by atoms with E-state index >= 15 is 0 Å². The fourth-order valence-corrected chi connectivity index (χ4v) is 1.86. The highest BCUT2D eigenvalue weighted by molar-refractivity contribution is 4.98. The molecule has 0 amide bonds. The standard InChI is InChI=1S/C11H14F8O6/c12-8(13)10(16,17)11(18,19)9(14,15)2-24-7-6(23)5(22)4(21)3(1-20)25-7/h3-8,20-23H,1-2H2/t3-,4-,5+,6-,7-/m1/s1. The molecule has 6 nitrogen and oxygen atoms in total. The van der Waals surface area contributed by atoms with Gasteiger partial charge in [0.1, 0.15) is 31.0 Å². The molecule has 25 heavy (non-hydrogen) atoms. The summed E-state index contributed by atoms with van der Waals surface area (Å²) in [5.74, 6) is -18.7. The molecule has 0 aromatic carbocycles. The molecule has 1 aliphatic heterocycles. The molecule has 14 heteroatoms. The van der Waals surface area contributed by atoms with Crippen LogP contribution in [0.1, 0.15) is 0 Å². The molecular formula is C11H14F8O6. The van der Waals surface area contributed by atoms with Crippen LogP contribution < -0.4 is 0 Å². The SMILES string of the molecule is OC[C@H]1O[C@@H](OCC(F)(F)C(F)(F)C(F)(F)C(F)F)[C@H](O)[C@@H](O)[C@@H]1O. The molecule has 0 bridgehead atoms. The third-order valence-electron chi connectivity index (χ3n) is 3.43. The van der Waals surface area contributed by atoms with Crippen LogP contribution in [0.3, 0.4) is 0 Å². The van der Waals surface area contributed by atoms with Crippen LogP contribution >= 0.6 is 0 Å². The Balaban J connectivity index is 2.87. The quantitative estimate of drug-likeness (QED) is 0.453. The second-order valence-corrected chi connectivity index (χ2v) is 5.21. The van der Waals surface area contributed by atoms with Crippen molar-refractivity contribution in [1.29, 1.82) is 0 Å². The van der Waals surface area contributed by atoms with Crippen molar-refractivity contribution in [3.05, 3.63) is 0 Å². The predicted molar refractivity (Wildman–Crippen MR) is 60.6 cm³/mol. The minimum Gasteiger partial charge on any atom is -0.394 e. The summed E-state index contributed by atoms with van der Waals surface area (Å²) in [4.78, 5) is 0. The second-order valence-electron chi connectivity index (χ2n) is 5.21. The molecule has 0 unspecified atom stereocenters. The Morgan fingerprint density at radius 1 is 0.920 bits per heavy atom. The predicted octanol–water partition coefficient (Wildman–Crippen LogP) is -0.0261. The van der Waals surface area contributed by atoms with Gasteiger partial charge in [0.25, 0.3) is 0 Å². The van der Waals surface area contributed by atoms with Crippen LogP contribution in [-0.2, 0) is 9.47 Å². The van der Waals surface area contributed by atoms with E-state index < -0.39 is 68.1 Å². The molecule has 1 fully saturated rings. The Morgan fingerprint density at radius 2 is 1.44 bits per heavy atom. The minimum atomic E-state index is -6.51. The number of hydrogen-bond donors (Lipinski definition) is 4. The van der Waals surface area contributed by atoms with Gasteiger partial charge in [-0.2, -0.15) is 26.3 Å². The highest BCUT2D eigenvalue weighted by Crippen LogP contribution is 2.48. The molecular weight excluding hydrogens is 380 g/mol. The van der Waals surface area contributed by atoms with Crippen molar-refractivity contribution >= 4 is 0 Å². The van der Waals surface area contributed by atoms with Crippen molar-refractivity contribution in [3.63, 3.8) is 0 Å². The summed E-state index contributed by atoms with van der Waals surface area (Å²) < 4.78 is 110. The van der Waals surface area contributed by atoms with Crippen molar-refractivity contribution in [2.24, 2.45) is 0 Å². The van der Waals surface area contributed by atoms with Gasteiger partial charge in [-0.15, -0.1) is 0 Å². The lowest BCUT2D eigenvalue weighted by atomic mass is 9.99. The van der Waals surface area contributed by atoms with Crippen LogP contribution in [0, 0.1) is 0 Å². The Hall–Kier alpha value is -0.800. The molecule has 1 heterocycles. The summed E-state index contributed by atoms with van der Waals surface area (Å²) in [6, 6.07) is 0. The summed E-state index contributed by atoms with van der Waals surface area (Å²) in [5, 5.41) is 37.0. The normalized spacial score (nSPS) is 32.3. The van der Waals surface area contributed by atoms with Crippen LogP contribution in [0.4, 0.5) is 35.1 Å². The first-order valence-electron chi connectivity index (χ1n) is 6.54. The molecule has 150 valence electrons. The third kappa shape index (κ3) is 3.98. The van der Waals surface area contributed by atoms with Gasteiger partial charge in [-0.05, 0) is 0 Å². The zero-order chi connectivity index (χ0) is 19.8. The van der Waals surface area contributed by atoms with Crippen LogP contribution in [0.15, 0.2) is 0 Å². The van der Waals surface area contributed by atoms with E-state index in [1.807, 2.05) is 0 Å². The highest BCUT2D eigenvalue weighted by atomic mass is 19.4. The average molecular weight is 394 g/mol. The number of rotatable bonds is 7. The number of ether oxygens (including phenoxy) is 2. The fraction of sp³-hybridized carbons (Fsp3) is 1.00. The van der Waals surface area contributed by atoms with Crippen molar-refractivity contribution in [3.8, 4) is 0 Å². The first kappa shape index (κ1) is 22.2. The number of halogens is 8. The lowest BCUT2D eigenvalue weighted by Crippen LogP contribution is -2.62. The number of alkyl halides is 8. The zero-order valence-corrected chi connectivity index (χ0v) is 12.0. The topological polar surface area (TPSA) is 99.4 Å². The minimum absolute atomic E-state index is 1.01. The molecule has 1 saturated heterocycles. The van der Waals surface area contributed by atoms with Crippen LogP contribution in [-0.4, -0.2) is 88.5 Å². The van der Waals surface area contributed by atoms with E-state index in [0.717, 1.165) is 0 Å². The number of aliphatic hydroxyl groups excluding tert-OH is 4. The molecule has 0 aliphatic carbocycles. The molecule has 0 radical (unpaired) electrons. The first-order chi connectivity index (χ1) is 11.2. The number of aliphatic hydroxyl groups is 4. The largest absolute Gasteiger partial charge is 0.394 e. The molecule has 5 atom stereocenters. The summed E-state index contributed by atoms with van der Waals surface area (Å²) >= 11 is 0. The zero-order valence-electron chi connectivity index (χ0n) is 12.0. The van der Waals surface area contributed by atoms with Crippen LogP contribution in [0.25, 0.3) is 0 Å². The van der Waals surface area contributed by atoms with Gasteiger partial charge < -0.3 is 29.9 Å². The second kappa shape index (κ2) is 7.44. The Labute approximate surface area is 134 Å². The molecule has 0 saturated carbocycles. The van der Waals surface area contributed by atoms with Crippen molar-refractivity contribution in [1.82, 2.24) is 0 Å². The van der Waals surface area contributed by atoms with Crippen LogP contribution in [0.2, 0.25) is 0 Å². The van der Waals surface area contributed by atoms with Gasteiger partial charge in [-0.1, -0.05) is 0 Å². The Bertz CT molecular complexity index is 448. The monoisotopic (exact) mass is 394 g/mol. The summed E-state index contributed by atoms with van der Waals surface area (Å²) in [5.41, 5.74) is 0. The maximum atomic E-state index is 13.3. The maximum Gasteiger partial charge on any atom is 0.380 e. The third-order valence-corrected chi connectivity index (χ3v) is 3.43. The molecule has 0 aromatic heterocycles.